The fourth-order valence-corrected chi connectivity index (χ4v) is 3.53. The second-order valence-electron chi connectivity index (χ2n) is 6.10. The van der Waals surface area contributed by atoms with Gasteiger partial charge in [0.05, 0.1) is 0 Å². The molecule has 0 aliphatic carbocycles. The highest BCUT2D eigenvalue weighted by molar-refractivity contribution is 7.87. The Balaban J connectivity index is 3.69. The lowest BCUT2D eigenvalue weighted by Crippen LogP contribution is -2.38. The van der Waals surface area contributed by atoms with Crippen LogP contribution >= 0.6 is 0 Å². The van der Waals surface area contributed by atoms with Gasteiger partial charge in [0.15, 0.2) is 4.93 Å². The van der Waals surface area contributed by atoms with Crippen molar-refractivity contribution in [3.05, 3.63) is 0 Å². The molecule has 0 aromatic rings. The highest BCUT2D eigenvalue weighted by Crippen LogP contribution is 2.26. The van der Waals surface area contributed by atoms with Gasteiger partial charge in [-0.2, -0.15) is 8.42 Å². The highest BCUT2D eigenvalue weighted by atomic mass is 32.2. The third kappa shape index (κ3) is 9.48. The van der Waals surface area contributed by atoms with Crippen molar-refractivity contribution in [3.8, 4) is 0 Å². The minimum atomic E-state index is -4.38. The van der Waals surface area contributed by atoms with Gasteiger partial charge in [-0.15, -0.1) is 0 Å². The third-order valence-corrected chi connectivity index (χ3v) is 5.41. The van der Waals surface area contributed by atoms with E-state index in [2.05, 4.69) is 6.92 Å². The zero-order valence-electron chi connectivity index (χ0n) is 13.8. The molecule has 0 aliphatic heterocycles. The molecule has 0 saturated heterocycles. The molecule has 4 nitrogen and oxygen atoms in total. The normalized spacial score (nSPS) is 15.0. The van der Waals surface area contributed by atoms with Crippen LogP contribution in [0.5, 0.6) is 0 Å². The van der Waals surface area contributed by atoms with Crippen LogP contribution in [-0.4, -0.2) is 23.0 Å². The van der Waals surface area contributed by atoms with Crippen molar-refractivity contribution in [3.63, 3.8) is 0 Å². The lowest BCUT2D eigenvalue weighted by Gasteiger charge is -2.24. The van der Waals surface area contributed by atoms with Crippen molar-refractivity contribution in [1.82, 2.24) is 0 Å². The second-order valence-corrected chi connectivity index (χ2v) is 7.81. The van der Waals surface area contributed by atoms with E-state index in [4.69, 9.17) is 4.55 Å². The van der Waals surface area contributed by atoms with Crippen LogP contribution in [0.1, 0.15) is 97.3 Å². The average molecular weight is 323 g/mol. The largest absolute Gasteiger partial charge is 0.372 e. The van der Waals surface area contributed by atoms with E-state index >= 15 is 0 Å². The molecule has 0 amide bonds. The lowest BCUT2D eigenvalue weighted by molar-refractivity contribution is 0.0906. The summed E-state index contributed by atoms with van der Waals surface area (Å²) in [6, 6.07) is 0. The molecule has 0 saturated carbocycles. The predicted octanol–water partition coefficient (Wildman–Crippen LogP) is 4.67. The van der Waals surface area contributed by atoms with Crippen molar-refractivity contribution in [2.45, 2.75) is 102 Å². The summed E-state index contributed by atoms with van der Waals surface area (Å²) in [6.45, 7) is 4.01. The van der Waals surface area contributed by atoms with Crippen LogP contribution in [0, 0.1) is 0 Å². The number of hydrogen-bond acceptors (Lipinski definition) is 3. The summed E-state index contributed by atoms with van der Waals surface area (Å²) in [6.07, 6.45) is 12.3. The third-order valence-electron chi connectivity index (χ3n) is 4.04. The maximum atomic E-state index is 11.2. The Labute approximate surface area is 131 Å². The number of unbranched alkanes of at least 4 members (excludes halogenated alkanes) is 9. The van der Waals surface area contributed by atoms with Gasteiger partial charge in [0.1, 0.15) is 0 Å². The fourth-order valence-electron chi connectivity index (χ4n) is 2.66. The quantitative estimate of drug-likeness (QED) is 0.360. The number of rotatable bonds is 14. The zero-order chi connectivity index (χ0) is 16.2. The molecule has 0 radical (unpaired) electrons. The Hall–Kier alpha value is -0.130. The maximum Gasteiger partial charge on any atom is 0.294 e. The van der Waals surface area contributed by atoms with Crippen molar-refractivity contribution in [2.24, 2.45) is 0 Å². The van der Waals surface area contributed by atoms with E-state index in [0.29, 0.717) is 12.8 Å². The van der Waals surface area contributed by atoms with Gasteiger partial charge in [-0.3, -0.25) is 4.55 Å². The van der Waals surface area contributed by atoms with E-state index < -0.39 is 15.1 Å². The summed E-state index contributed by atoms with van der Waals surface area (Å²) in [7, 11) is -4.38. The Kier molecular flexibility index (Phi) is 11.4. The summed E-state index contributed by atoms with van der Waals surface area (Å²) in [4.78, 5) is -1.94. The van der Waals surface area contributed by atoms with E-state index in [0.717, 1.165) is 12.8 Å². The number of aliphatic hydroxyl groups is 1. The molecular formula is C16H34O4S. The van der Waals surface area contributed by atoms with Crippen molar-refractivity contribution < 1.29 is 18.1 Å². The van der Waals surface area contributed by atoms with Crippen LogP contribution in [0.2, 0.25) is 0 Å². The number of hydrogen-bond donors (Lipinski definition) is 2. The molecule has 128 valence electrons. The Bertz CT molecular complexity index is 340. The molecule has 21 heavy (non-hydrogen) atoms. The first-order chi connectivity index (χ1) is 9.87. The molecule has 2 N–H and O–H groups in total. The average Bonchev–Trinajstić information content (AvgIpc) is 2.40. The van der Waals surface area contributed by atoms with Gasteiger partial charge in [-0.25, -0.2) is 0 Å². The van der Waals surface area contributed by atoms with E-state index in [1.54, 1.807) is 6.92 Å². The molecule has 1 unspecified atom stereocenters. The van der Waals surface area contributed by atoms with E-state index in [9.17, 15) is 13.5 Å². The smallest absolute Gasteiger partial charge is 0.294 e. The molecule has 5 heteroatoms. The van der Waals surface area contributed by atoms with Gasteiger partial charge in [0, 0.05) is 0 Å². The lowest BCUT2D eigenvalue weighted by atomic mass is 10.0. The minimum absolute atomic E-state index is 0.100. The van der Waals surface area contributed by atoms with Crippen LogP contribution in [0.3, 0.4) is 0 Å². The molecule has 0 fully saturated rings. The molecule has 0 aromatic heterocycles. The predicted molar refractivity (Wildman–Crippen MR) is 87.9 cm³/mol. The van der Waals surface area contributed by atoms with Crippen molar-refractivity contribution in [1.29, 1.82) is 0 Å². The summed E-state index contributed by atoms with van der Waals surface area (Å²) in [5.41, 5.74) is 0. The minimum Gasteiger partial charge on any atom is -0.372 e. The van der Waals surface area contributed by atoms with E-state index in [1.807, 2.05) is 0 Å². The summed E-state index contributed by atoms with van der Waals surface area (Å²) >= 11 is 0. The molecule has 0 aromatic carbocycles. The molecule has 0 bridgehead atoms. The molecule has 0 heterocycles. The van der Waals surface area contributed by atoms with Crippen LogP contribution < -0.4 is 0 Å². The van der Waals surface area contributed by atoms with Gasteiger partial charge >= 0.3 is 0 Å². The Morgan fingerprint density at radius 1 is 0.714 bits per heavy atom. The molecule has 0 rings (SSSR count). The zero-order valence-corrected chi connectivity index (χ0v) is 14.6. The first kappa shape index (κ1) is 20.9. The topological polar surface area (TPSA) is 74.6 Å². The van der Waals surface area contributed by atoms with Gasteiger partial charge in [0.25, 0.3) is 10.1 Å². The van der Waals surface area contributed by atoms with Crippen LogP contribution in [0.25, 0.3) is 0 Å². The first-order valence-corrected chi connectivity index (χ1v) is 10.0. The fraction of sp³-hybridized carbons (Fsp3) is 1.00. The van der Waals surface area contributed by atoms with Gasteiger partial charge in [0.2, 0.25) is 0 Å². The first-order valence-electron chi connectivity index (χ1n) is 8.56. The maximum absolute atomic E-state index is 11.2. The molecule has 1 atom stereocenters. The van der Waals surface area contributed by atoms with Crippen molar-refractivity contribution in [2.75, 3.05) is 0 Å². The van der Waals surface area contributed by atoms with E-state index in [1.165, 1.54) is 44.9 Å². The summed E-state index contributed by atoms with van der Waals surface area (Å²) in [5, 5.41) is 10.0. The highest BCUT2D eigenvalue weighted by Gasteiger charge is 2.38. The van der Waals surface area contributed by atoms with Crippen LogP contribution in [-0.2, 0) is 10.1 Å². The molecule has 0 aliphatic rings. The second kappa shape index (κ2) is 11.4. The summed E-state index contributed by atoms with van der Waals surface area (Å²) in [5.74, 6) is 0. The van der Waals surface area contributed by atoms with Crippen molar-refractivity contribution >= 4 is 10.1 Å². The molecule has 0 spiro atoms. The van der Waals surface area contributed by atoms with E-state index in [-0.39, 0.29) is 12.8 Å². The van der Waals surface area contributed by atoms with Crippen LogP contribution in [0.4, 0.5) is 0 Å². The molecular weight excluding hydrogens is 288 g/mol. The standard InChI is InChI=1S/C16H34O4S/c1-3-5-6-7-8-9-10-11-12-13-15-16(17,14-4-2)21(18,19)20/h17H,3-15H2,1-2H3,(H,18,19,20). The summed E-state index contributed by atoms with van der Waals surface area (Å²) < 4.78 is 31.6. The Morgan fingerprint density at radius 2 is 1.14 bits per heavy atom. The van der Waals surface area contributed by atoms with Gasteiger partial charge in [-0.05, 0) is 19.3 Å². The van der Waals surface area contributed by atoms with Crippen LogP contribution in [0.15, 0.2) is 0 Å². The SMILES string of the molecule is CCCCCCCCCCCCC(O)(CCC)S(=O)(=O)O. The monoisotopic (exact) mass is 322 g/mol. The van der Waals surface area contributed by atoms with Gasteiger partial charge < -0.3 is 5.11 Å². The Morgan fingerprint density at radius 3 is 1.52 bits per heavy atom. The van der Waals surface area contributed by atoms with Gasteiger partial charge in [-0.1, -0.05) is 78.1 Å².